The third-order valence-corrected chi connectivity index (χ3v) is 7.59. The van der Waals surface area contributed by atoms with E-state index in [9.17, 15) is 23.4 Å². The third kappa shape index (κ3) is 5.63. The fourth-order valence-corrected chi connectivity index (χ4v) is 5.46. The highest BCUT2D eigenvalue weighted by Crippen LogP contribution is 2.28. The van der Waals surface area contributed by atoms with Crippen molar-refractivity contribution in [3.8, 4) is 0 Å². The van der Waals surface area contributed by atoms with Gasteiger partial charge in [0.25, 0.3) is 0 Å². The average molecular weight is 465 g/mol. The lowest BCUT2D eigenvalue weighted by molar-refractivity contribution is 0.00878. The standard InChI is InChI=1S/C20H28N6O5S/c27-18-14(10-17(19(18)28)22-20(29)21-15-4-2-1-3-5-15)11-26-13-16(23-24-26)12-25-6-8-32(30,31)9-7-25/h1-5,13-14,17-19,27-28H,6-12H2,(H2,21,22,29). The smallest absolute Gasteiger partial charge is 0.319 e. The average Bonchev–Trinajstić information content (AvgIpc) is 3.30. The fraction of sp³-hybridized carbons (Fsp3) is 0.550. The zero-order valence-electron chi connectivity index (χ0n) is 17.5. The minimum absolute atomic E-state index is 0.152. The molecule has 12 heteroatoms. The first-order valence-electron chi connectivity index (χ1n) is 10.6. The Morgan fingerprint density at radius 1 is 1.12 bits per heavy atom. The highest BCUT2D eigenvalue weighted by atomic mass is 32.2. The number of nitrogens with zero attached hydrogens (tertiary/aromatic N) is 4. The Balaban J connectivity index is 1.28. The molecule has 1 aromatic heterocycles. The van der Waals surface area contributed by atoms with Crippen molar-refractivity contribution in [1.29, 1.82) is 0 Å². The van der Waals surface area contributed by atoms with Gasteiger partial charge in [0.05, 0.1) is 29.3 Å². The molecular weight excluding hydrogens is 436 g/mol. The molecule has 2 aliphatic rings. The number of carbonyl (C=O) groups is 1. The van der Waals surface area contributed by atoms with Crippen molar-refractivity contribution in [2.24, 2.45) is 5.92 Å². The molecule has 4 atom stereocenters. The minimum Gasteiger partial charge on any atom is -0.390 e. The van der Waals surface area contributed by atoms with E-state index in [4.69, 9.17) is 0 Å². The Morgan fingerprint density at radius 2 is 1.84 bits per heavy atom. The van der Waals surface area contributed by atoms with E-state index in [2.05, 4.69) is 20.9 Å². The molecule has 0 radical (unpaired) electrons. The summed E-state index contributed by atoms with van der Waals surface area (Å²) in [6.07, 6.45) is 0.0752. The Hall–Kier alpha value is -2.54. The molecule has 4 rings (SSSR count). The van der Waals surface area contributed by atoms with Gasteiger partial charge < -0.3 is 20.8 Å². The van der Waals surface area contributed by atoms with Crippen LogP contribution in [0.1, 0.15) is 12.1 Å². The van der Waals surface area contributed by atoms with Gasteiger partial charge in [-0.25, -0.2) is 13.2 Å². The Morgan fingerprint density at radius 3 is 2.56 bits per heavy atom. The molecule has 1 saturated carbocycles. The van der Waals surface area contributed by atoms with Crippen molar-refractivity contribution in [3.63, 3.8) is 0 Å². The second kappa shape index (κ2) is 9.53. The number of hydrogen-bond acceptors (Lipinski definition) is 8. The van der Waals surface area contributed by atoms with E-state index in [0.717, 1.165) is 0 Å². The van der Waals surface area contributed by atoms with E-state index >= 15 is 0 Å². The fourth-order valence-electron chi connectivity index (χ4n) is 4.18. The molecule has 32 heavy (non-hydrogen) atoms. The van der Waals surface area contributed by atoms with Crippen LogP contribution in [0.15, 0.2) is 36.5 Å². The molecular formula is C20H28N6O5S. The summed E-state index contributed by atoms with van der Waals surface area (Å²) in [6.45, 7) is 1.80. The van der Waals surface area contributed by atoms with Crippen LogP contribution >= 0.6 is 0 Å². The van der Waals surface area contributed by atoms with Crippen molar-refractivity contribution in [3.05, 3.63) is 42.2 Å². The topological polar surface area (TPSA) is 150 Å². The highest BCUT2D eigenvalue weighted by Gasteiger charge is 2.42. The van der Waals surface area contributed by atoms with Crippen LogP contribution in [-0.4, -0.2) is 87.4 Å². The quantitative estimate of drug-likeness (QED) is 0.444. The highest BCUT2D eigenvalue weighted by molar-refractivity contribution is 7.91. The molecule has 1 aliphatic heterocycles. The summed E-state index contributed by atoms with van der Waals surface area (Å²) < 4.78 is 24.7. The third-order valence-electron chi connectivity index (χ3n) is 5.98. The number of urea groups is 1. The van der Waals surface area contributed by atoms with Gasteiger partial charge in [0.1, 0.15) is 6.10 Å². The number of aliphatic hydroxyl groups excluding tert-OH is 2. The van der Waals surface area contributed by atoms with Crippen LogP contribution in [0, 0.1) is 5.92 Å². The van der Waals surface area contributed by atoms with E-state index in [1.807, 2.05) is 11.0 Å². The van der Waals surface area contributed by atoms with E-state index in [-0.39, 0.29) is 17.4 Å². The van der Waals surface area contributed by atoms with E-state index in [1.165, 1.54) is 0 Å². The minimum atomic E-state index is -2.93. The molecule has 1 aromatic carbocycles. The zero-order chi connectivity index (χ0) is 22.7. The maximum absolute atomic E-state index is 12.2. The van der Waals surface area contributed by atoms with E-state index in [1.54, 1.807) is 35.1 Å². The summed E-state index contributed by atoms with van der Waals surface area (Å²) in [7, 11) is -2.93. The van der Waals surface area contributed by atoms with Gasteiger partial charge in [-0.3, -0.25) is 9.58 Å². The second-order valence-corrected chi connectivity index (χ2v) is 10.7. The molecule has 174 valence electrons. The summed E-state index contributed by atoms with van der Waals surface area (Å²) in [4.78, 5) is 14.3. The first-order chi connectivity index (χ1) is 15.3. The van der Waals surface area contributed by atoms with Gasteiger partial charge in [0.15, 0.2) is 9.84 Å². The first-order valence-corrected chi connectivity index (χ1v) is 12.4. The van der Waals surface area contributed by atoms with Crippen molar-refractivity contribution >= 4 is 21.6 Å². The number of aliphatic hydroxyl groups is 2. The molecule has 4 unspecified atom stereocenters. The maximum Gasteiger partial charge on any atom is 0.319 e. The summed E-state index contributed by atoms with van der Waals surface area (Å²) in [5.41, 5.74) is 1.35. The van der Waals surface area contributed by atoms with Crippen molar-refractivity contribution in [2.45, 2.75) is 37.8 Å². The van der Waals surface area contributed by atoms with Crippen molar-refractivity contribution in [1.82, 2.24) is 25.2 Å². The largest absolute Gasteiger partial charge is 0.390 e. The van der Waals surface area contributed by atoms with Gasteiger partial charge >= 0.3 is 6.03 Å². The van der Waals surface area contributed by atoms with Gasteiger partial charge in [-0.2, -0.15) is 0 Å². The molecule has 4 N–H and O–H groups in total. The van der Waals surface area contributed by atoms with Gasteiger partial charge in [0, 0.05) is 44.0 Å². The van der Waals surface area contributed by atoms with Crippen LogP contribution in [0.3, 0.4) is 0 Å². The van der Waals surface area contributed by atoms with Gasteiger partial charge in [-0.1, -0.05) is 23.4 Å². The number of rotatable bonds is 6. The summed E-state index contributed by atoms with van der Waals surface area (Å²) in [6, 6.07) is 7.94. The molecule has 2 aromatic rings. The predicted molar refractivity (Wildman–Crippen MR) is 116 cm³/mol. The van der Waals surface area contributed by atoms with Crippen LogP contribution in [-0.2, 0) is 22.9 Å². The number of aromatic nitrogens is 3. The molecule has 0 spiro atoms. The molecule has 0 bridgehead atoms. The number of sulfone groups is 1. The van der Waals surface area contributed by atoms with Crippen LogP contribution in [0.5, 0.6) is 0 Å². The number of carbonyl (C=O) groups excluding carboxylic acids is 1. The number of hydrogen-bond donors (Lipinski definition) is 4. The predicted octanol–water partition coefficient (Wildman–Crippen LogP) is -0.559. The Labute approximate surface area is 186 Å². The molecule has 1 aliphatic carbocycles. The zero-order valence-corrected chi connectivity index (χ0v) is 18.4. The monoisotopic (exact) mass is 464 g/mol. The lowest BCUT2D eigenvalue weighted by Gasteiger charge is -2.25. The second-order valence-electron chi connectivity index (χ2n) is 8.41. The molecule has 2 heterocycles. The molecule has 2 fully saturated rings. The number of benzene rings is 1. The van der Waals surface area contributed by atoms with Crippen molar-refractivity contribution in [2.75, 3.05) is 29.9 Å². The molecule has 11 nitrogen and oxygen atoms in total. The van der Waals surface area contributed by atoms with Gasteiger partial charge in [-0.15, -0.1) is 5.10 Å². The number of amides is 2. The summed E-state index contributed by atoms with van der Waals surface area (Å²) >= 11 is 0. The van der Waals surface area contributed by atoms with Crippen molar-refractivity contribution < 1.29 is 23.4 Å². The lowest BCUT2D eigenvalue weighted by Crippen LogP contribution is -2.44. The van der Waals surface area contributed by atoms with Crippen LogP contribution in [0.2, 0.25) is 0 Å². The number of para-hydroxylation sites is 1. The summed E-state index contributed by atoms with van der Waals surface area (Å²) in [5.74, 6) is 0.000647. The normalized spacial score (nSPS) is 27.8. The van der Waals surface area contributed by atoms with Crippen LogP contribution in [0.25, 0.3) is 0 Å². The summed E-state index contributed by atoms with van der Waals surface area (Å²) in [5, 5.41) is 34.5. The van der Waals surface area contributed by atoms with Gasteiger partial charge in [0.2, 0.25) is 0 Å². The lowest BCUT2D eigenvalue weighted by atomic mass is 10.1. The maximum atomic E-state index is 12.2. The number of nitrogens with one attached hydrogen (secondary N) is 2. The van der Waals surface area contributed by atoms with Crippen LogP contribution < -0.4 is 10.6 Å². The van der Waals surface area contributed by atoms with Gasteiger partial charge in [-0.05, 0) is 18.6 Å². The Kier molecular flexibility index (Phi) is 6.74. The molecule has 2 amide bonds. The molecule has 1 saturated heterocycles. The SMILES string of the molecule is O=C(Nc1ccccc1)NC1CC(Cn2cc(CN3CCS(=O)(=O)CC3)nn2)C(O)C1O. The van der Waals surface area contributed by atoms with E-state index in [0.29, 0.717) is 44.0 Å². The van der Waals surface area contributed by atoms with E-state index < -0.39 is 34.1 Å². The van der Waals surface area contributed by atoms with Crippen LogP contribution in [0.4, 0.5) is 10.5 Å². The Bertz CT molecular complexity index is 1020. The first kappa shape index (κ1) is 22.6. The number of anilines is 1.